The molecule has 1 fully saturated rings. The van der Waals surface area contributed by atoms with Crippen LogP contribution in [0.2, 0.25) is 5.02 Å². The topological polar surface area (TPSA) is 44.8 Å². The van der Waals surface area contributed by atoms with Crippen LogP contribution >= 0.6 is 11.6 Å². The van der Waals surface area contributed by atoms with Gasteiger partial charge in [0.15, 0.2) is 0 Å². The minimum absolute atomic E-state index is 0.0933. The monoisotopic (exact) mass is 443 g/mol. The highest BCUT2D eigenvalue weighted by atomic mass is 35.5. The first-order valence-corrected chi connectivity index (χ1v) is 11.4. The second-order valence-corrected chi connectivity index (χ2v) is 9.55. The molecule has 2 aromatic rings. The fraction of sp³-hybridized carbons (Fsp3) is 0.480. The summed E-state index contributed by atoms with van der Waals surface area (Å²) < 4.78 is 5.43. The van der Waals surface area contributed by atoms with Crippen molar-refractivity contribution in [3.63, 3.8) is 0 Å². The zero-order valence-electron chi connectivity index (χ0n) is 18.9. The van der Waals surface area contributed by atoms with Crippen molar-refractivity contribution in [2.75, 3.05) is 44.7 Å². The first-order chi connectivity index (χ1) is 14.8. The van der Waals surface area contributed by atoms with Crippen LogP contribution in [0.3, 0.4) is 0 Å². The van der Waals surface area contributed by atoms with Gasteiger partial charge in [0.2, 0.25) is 0 Å². The van der Waals surface area contributed by atoms with Crippen LogP contribution in [0.1, 0.15) is 38.3 Å². The number of benzene rings is 2. The predicted molar refractivity (Wildman–Crippen MR) is 128 cm³/mol. The van der Waals surface area contributed by atoms with Crippen molar-refractivity contribution >= 4 is 23.3 Å². The van der Waals surface area contributed by atoms with E-state index in [4.69, 9.17) is 16.3 Å². The molecule has 1 aliphatic rings. The van der Waals surface area contributed by atoms with Gasteiger partial charge in [0.05, 0.1) is 13.2 Å². The van der Waals surface area contributed by atoms with Gasteiger partial charge in [-0.05, 0) is 47.2 Å². The summed E-state index contributed by atoms with van der Waals surface area (Å²) >= 11 is 5.97. The summed E-state index contributed by atoms with van der Waals surface area (Å²) in [5.41, 5.74) is 3.28. The summed E-state index contributed by atoms with van der Waals surface area (Å²) in [7, 11) is 0. The third-order valence-corrected chi connectivity index (χ3v) is 5.83. The lowest BCUT2D eigenvalue weighted by atomic mass is 9.87. The van der Waals surface area contributed by atoms with Crippen LogP contribution in [-0.2, 0) is 16.7 Å². The normalized spacial score (nSPS) is 15.0. The van der Waals surface area contributed by atoms with Gasteiger partial charge in [0.1, 0.15) is 0 Å². The summed E-state index contributed by atoms with van der Waals surface area (Å²) in [6.07, 6.45) is 0.925. The van der Waals surface area contributed by atoms with Crippen LogP contribution in [0.4, 0.5) is 10.5 Å². The minimum atomic E-state index is -0.0933. The van der Waals surface area contributed by atoms with Gasteiger partial charge in [-0.3, -0.25) is 4.90 Å². The van der Waals surface area contributed by atoms with Gasteiger partial charge in [0.25, 0.3) is 0 Å². The molecule has 0 spiro atoms. The lowest BCUT2D eigenvalue weighted by Crippen LogP contribution is -2.40. The number of morpholine rings is 1. The summed E-state index contributed by atoms with van der Waals surface area (Å²) in [5.74, 6) is 0. The largest absolute Gasteiger partial charge is 0.379 e. The number of ether oxygens (including phenoxy) is 1. The quantitative estimate of drug-likeness (QED) is 0.623. The van der Waals surface area contributed by atoms with Crippen LogP contribution in [0.5, 0.6) is 0 Å². The lowest BCUT2D eigenvalue weighted by Gasteiger charge is -2.28. The maximum Gasteiger partial charge on any atom is 0.322 e. The van der Waals surface area contributed by atoms with Crippen molar-refractivity contribution in [2.24, 2.45) is 0 Å². The van der Waals surface area contributed by atoms with E-state index in [0.29, 0.717) is 18.1 Å². The zero-order valence-corrected chi connectivity index (χ0v) is 19.6. The summed E-state index contributed by atoms with van der Waals surface area (Å²) in [6, 6.07) is 15.7. The SMILES string of the molecule is CC(C)(C)c1ccc(CN(CCCN2CCOCC2)C(=O)Nc2ccc(Cl)cc2)cc1. The molecule has 0 aliphatic carbocycles. The average molecular weight is 444 g/mol. The lowest BCUT2D eigenvalue weighted by molar-refractivity contribution is 0.0365. The van der Waals surface area contributed by atoms with E-state index in [9.17, 15) is 4.79 Å². The second kappa shape index (κ2) is 11.0. The number of carbonyl (C=O) groups excluding carboxylic acids is 1. The minimum Gasteiger partial charge on any atom is -0.379 e. The average Bonchev–Trinajstić information content (AvgIpc) is 2.75. The molecule has 1 saturated heterocycles. The molecule has 1 aliphatic heterocycles. The molecule has 0 aromatic heterocycles. The van der Waals surface area contributed by atoms with Crippen molar-refractivity contribution in [2.45, 2.75) is 39.2 Å². The number of rotatable bonds is 7. The Morgan fingerprint density at radius 3 is 2.32 bits per heavy atom. The third-order valence-electron chi connectivity index (χ3n) is 5.58. The van der Waals surface area contributed by atoms with E-state index in [1.165, 1.54) is 5.56 Å². The second-order valence-electron chi connectivity index (χ2n) is 9.11. The fourth-order valence-corrected chi connectivity index (χ4v) is 3.75. The van der Waals surface area contributed by atoms with Crippen LogP contribution in [-0.4, -0.2) is 55.2 Å². The number of amides is 2. The molecule has 0 unspecified atom stereocenters. The van der Waals surface area contributed by atoms with E-state index in [0.717, 1.165) is 50.5 Å². The molecule has 2 amide bonds. The Hall–Kier alpha value is -2.08. The molecule has 0 saturated carbocycles. The van der Waals surface area contributed by atoms with Gasteiger partial charge >= 0.3 is 6.03 Å². The van der Waals surface area contributed by atoms with Crippen molar-refractivity contribution in [3.8, 4) is 0 Å². The van der Waals surface area contributed by atoms with E-state index in [-0.39, 0.29) is 11.4 Å². The van der Waals surface area contributed by atoms with Gasteiger partial charge in [-0.2, -0.15) is 0 Å². The molecular formula is C25H34ClN3O2. The molecule has 1 heterocycles. The van der Waals surface area contributed by atoms with Gasteiger partial charge < -0.3 is 15.0 Å². The number of carbonyl (C=O) groups is 1. The number of nitrogens with one attached hydrogen (secondary N) is 1. The highest BCUT2D eigenvalue weighted by Crippen LogP contribution is 2.23. The number of nitrogens with zero attached hydrogens (tertiary/aromatic N) is 2. The summed E-state index contributed by atoms with van der Waals surface area (Å²) in [4.78, 5) is 17.3. The Balaban J connectivity index is 1.64. The van der Waals surface area contributed by atoms with Crippen molar-refractivity contribution < 1.29 is 9.53 Å². The zero-order chi connectivity index (χ0) is 22.3. The molecule has 31 heavy (non-hydrogen) atoms. The maximum atomic E-state index is 13.1. The number of anilines is 1. The molecule has 168 valence electrons. The Morgan fingerprint density at radius 1 is 1.06 bits per heavy atom. The molecule has 0 atom stereocenters. The molecule has 3 rings (SSSR count). The first kappa shape index (κ1) is 23.6. The predicted octanol–water partition coefficient (Wildman–Crippen LogP) is 5.39. The van der Waals surface area contributed by atoms with Crippen LogP contribution in [0.25, 0.3) is 0 Å². The number of hydrogen-bond donors (Lipinski definition) is 1. The first-order valence-electron chi connectivity index (χ1n) is 11.0. The molecule has 0 radical (unpaired) electrons. The molecule has 6 heteroatoms. The van der Waals surface area contributed by atoms with Crippen molar-refractivity contribution in [3.05, 3.63) is 64.7 Å². The molecular weight excluding hydrogens is 410 g/mol. The maximum absolute atomic E-state index is 13.1. The Kier molecular flexibility index (Phi) is 8.35. The van der Waals surface area contributed by atoms with E-state index in [2.05, 4.69) is 55.3 Å². The van der Waals surface area contributed by atoms with Crippen LogP contribution in [0.15, 0.2) is 48.5 Å². The molecule has 1 N–H and O–H groups in total. The van der Waals surface area contributed by atoms with Gasteiger partial charge in [-0.1, -0.05) is 56.6 Å². The van der Waals surface area contributed by atoms with E-state index < -0.39 is 0 Å². The fourth-order valence-electron chi connectivity index (χ4n) is 3.63. The van der Waals surface area contributed by atoms with E-state index >= 15 is 0 Å². The standard InChI is InChI=1S/C25H34ClN3O2/c1-25(2,3)21-7-5-20(6-8-21)19-29(14-4-13-28-15-17-31-18-16-28)24(30)27-23-11-9-22(26)10-12-23/h5-12H,4,13-19H2,1-3H3,(H,27,30). The van der Waals surface area contributed by atoms with Crippen molar-refractivity contribution in [1.29, 1.82) is 0 Å². The molecule has 0 bridgehead atoms. The Labute approximate surface area is 191 Å². The molecule has 2 aromatic carbocycles. The van der Waals surface area contributed by atoms with E-state index in [1.54, 1.807) is 12.1 Å². The number of urea groups is 1. The Bertz CT molecular complexity index is 825. The summed E-state index contributed by atoms with van der Waals surface area (Å²) in [5, 5.41) is 3.66. The highest BCUT2D eigenvalue weighted by molar-refractivity contribution is 6.30. The van der Waals surface area contributed by atoms with Gasteiger partial charge in [0, 0.05) is 43.4 Å². The summed E-state index contributed by atoms with van der Waals surface area (Å²) in [6.45, 7) is 12.4. The van der Waals surface area contributed by atoms with Gasteiger partial charge in [-0.25, -0.2) is 4.79 Å². The smallest absolute Gasteiger partial charge is 0.322 e. The number of hydrogen-bond acceptors (Lipinski definition) is 3. The van der Waals surface area contributed by atoms with Crippen LogP contribution < -0.4 is 5.32 Å². The Morgan fingerprint density at radius 2 is 1.71 bits per heavy atom. The molecule has 5 nitrogen and oxygen atoms in total. The van der Waals surface area contributed by atoms with Crippen molar-refractivity contribution in [1.82, 2.24) is 9.80 Å². The third kappa shape index (κ3) is 7.53. The van der Waals surface area contributed by atoms with Crippen LogP contribution in [0, 0.1) is 0 Å². The number of halogens is 1. The van der Waals surface area contributed by atoms with Gasteiger partial charge in [-0.15, -0.1) is 0 Å². The highest BCUT2D eigenvalue weighted by Gasteiger charge is 2.17. The van der Waals surface area contributed by atoms with E-state index in [1.807, 2.05) is 17.0 Å².